The molecule has 20 heavy (non-hydrogen) atoms. The van der Waals surface area contributed by atoms with Crippen molar-refractivity contribution in [2.75, 3.05) is 19.8 Å². The molecule has 112 valence electrons. The lowest BCUT2D eigenvalue weighted by Crippen LogP contribution is -2.26. The molecule has 1 fully saturated rings. The molecule has 0 saturated carbocycles. The molecule has 1 aliphatic rings. The van der Waals surface area contributed by atoms with Crippen LogP contribution in [0.3, 0.4) is 0 Å². The number of halogens is 1. The highest BCUT2D eigenvalue weighted by Gasteiger charge is 2.23. The Morgan fingerprint density at radius 3 is 2.90 bits per heavy atom. The van der Waals surface area contributed by atoms with Crippen molar-refractivity contribution in [1.29, 1.82) is 0 Å². The summed E-state index contributed by atoms with van der Waals surface area (Å²) < 4.78 is 32.2. The SMILES string of the molecule is O=C(O)c1cc(S(=O)(=O)NCCC2CCOC2)c(Br)s1. The van der Waals surface area contributed by atoms with E-state index < -0.39 is 16.0 Å². The molecule has 1 aromatic heterocycles. The number of thiophene rings is 1. The fourth-order valence-electron chi connectivity index (χ4n) is 1.93. The zero-order valence-corrected chi connectivity index (χ0v) is 13.7. The molecule has 9 heteroatoms. The summed E-state index contributed by atoms with van der Waals surface area (Å²) in [4.78, 5) is 10.8. The molecule has 6 nitrogen and oxygen atoms in total. The summed E-state index contributed by atoms with van der Waals surface area (Å²) in [5.74, 6) is -0.751. The molecule has 1 atom stereocenters. The van der Waals surface area contributed by atoms with Gasteiger partial charge in [-0.1, -0.05) is 0 Å². The monoisotopic (exact) mass is 383 g/mol. The minimum atomic E-state index is -3.69. The number of aromatic carboxylic acids is 1. The second-order valence-corrected chi connectivity index (χ2v) is 8.58. The van der Waals surface area contributed by atoms with Crippen molar-refractivity contribution in [3.8, 4) is 0 Å². The van der Waals surface area contributed by atoms with E-state index in [2.05, 4.69) is 20.7 Å². The standard InChI is InChI=1S/C11H14BrNO5S2/c12-10-9(5-8(19-10)11(14)15)20(16,17)13-3-1-7-2-4-18-6-7/h5,7,13H,1-4,6H2,(H,14,15). The van der Waals surface area contributed by atoms with Crippen molar-refractivity contribution in [3.63, 3.8) is 0 Å². The zero-order chi connectivity index (χ0) is 14.8. The van der Waals surface area contributed by atoms with Crippen LogP contribution in [0.5, 0.6) is 0 Å². The zero-order valence-electron chi connectivity index (χ0n) is 10.5. The van der Waals surface area contributed by atoms with Gasteiger partial charge in [0.2, 0.25) is 10.0 Å². The fraction of sp³-hybridized carbons (Fsp3) is 0.545. The van der Waals surface area contributed by atoms with Gasteiger partial charge in [0.15, 0.2) is 0 Å². The topological polar surface area (TPSA) is 92.7 Å². The second-order valence-electron chi connectivity index (χ2n) is 4.47. The van der Waals surface area contributed by atoms with E-state index in [1.54, 1.807) is 0 Å². The van der Waals surface area contributed by atoms with Gasteiger partial charge < -0.3 is 9.84 Å². The molecule has 1 aliphatic heterocycles. The van der Waals surface area contributed by atoms with Gasteiger partial charge in [-0.2, -0.15) is 0 Å². The average molecular weight is 384 g/mol. The first kappa shape index (κ1) is 15.9. The first-order chi connectivity index (χ1) is 9.40. The Morgan fingerprint density at radius 2 is 2.35 bits per heavy atom. The summed E-state index contributed by atoms with van der Waals surface area (Å²) in [6.45, 7) is 1.73. The normalized spacial score (nSPS) is 19.4. The lowest BCUT2D eigenvalue weighted by molar-refractivity contribution is 0.0702. The van der Waals surface area contributed by atoms with Gasteiger partial charge in [-0.3, -0.25) is 0 Å². The maximum Gasteiger partial charge on any atom is 0.345 e. The maximum atomic E-state index is 12.1. The summed E-state index contributed by atoms with van der Waals surface area (Å²) in [5, 5.41) is 8.87. The quantitative estimate of drug-likeness (QED) is 0.782. The lowest BCUT2D eigenvalue weighted by Gasteiger charge is -2.09. The number of sulfonamides is 1. The summed E-state index contributed by atoms with van der Waals surface area (Å²) in [6.07, 6.45) is 1.67. The van der Waals surface area contributed by atoms with E-state index in [1.165, 1.54) is 0 Å². The largest absolute Gasteiger partial charge is 0.477 e. The van der Waals surface area contributed by atoms with Crippen molar-refractivity contribution in [2.24, 2.45) is 5.92 Å². The molecule has 2 rings (SSSR count). The summed E-state index contributed by atoms with van der Waals surface area (Å²) in [6, 6.07) is 1.16. The van der Waals surface area contributed by atoms with Gasteiger partial charge in [0.1, 0.15) is 9.77 Å². The van der Waals surface area contributed by atoms with Gasteiger partial charge >= 0.3 is 5.97 Å². The van der Waals surface area contributed by atoms with Gasteiger partial charge in [-0.25, -0.2) is 17.9 Å². The van der Waals surface area contributed by atoms with Crippen LogP contribution >= 0.6 is 27.3 Å². The number of ether oxygens (including phenoxy) is 1. The van der Waals surface area contributed by atoms with Gasteiger partial charge in [0.05, 0.1) is 3.79 Å². The minimum Gasteiger partial charge on any atom is -0.477 e. The van der Waals surface area contributed by atoms with Crippen LogP contribution in [-0.2, 0) is 14.8 Å². The molecule has 2 N–H and O–H groups in total. The number of carboxylic acids is 1. The second kappa shape index (κ2) is 6.52. The van der Waals surface area contributed by atoms with Crippen LogP contribution in [-0.4, -0.2) is 39.3 Å². The summed E-state index contributed by atoms with van der Waals surface area (Å²) >= 11 is 3.98. The predicted molar refractivity (Wildman–Crippen MR) is 77.7 cm³/mol. The molecule has 0 spiro atoms. The Hall–Kier alpha value is -0.480. The van der Waals surface area contributed by atoms with Crippen LogP contribution in [0.2, 0.25) is 0 Å². The van der Waals surface area contributed by atoms with Crippen molar-refractivity contribution >= 4 is 43.3 Å². The van der Waals surface area contributed by atoms with Crippen molar-refractivity contribution < 1.29 is 23.1 Å². The van der Waals surface area contributed by atoms with E-state index in [0.29, 0.717) is 29.3 Å². The third-order valence-electron chi connectivity index (χ3n) is 3.02. The first-order valence-corrected chi connectivity index (χ1v) is 9.09. The fourth-order valence-corrected chi connectivity index (χ4v) is 5.38. The average Bonchev–Trinajstić information content (AvgIpc) is 2.98. The van der Waals surface area contributed by atoms with Crippen molar-refractivity contribution in [1.82, 2.24) is 4.72 Å². The molecule has 2 heterocycles. The van der Waals surface area contributed by atoms with Crippen molar-refractivity contribution in [2.45, 2.75) is 17.7 Å². The minimum absolute atomic E-state index is 0.0126. The molecule has 0 amide bonds. The molecular weight excluding hydrogens is 370 g/mol. The highest BCUT2D eigenvalue weighted by atomic mass is 79.9. The van der Waals surface area contributed by atoms with Crippen LogP contribution in [0.1, 0.15) is 22.5 Å². The predicted octanol–water partition coefficient (Wildman–Crippen LogP) is 1.91. The van der Waals surface area contributed by atoms with E-state index in [4.69, 9.17) is 9.84 Å². The summed E-state index contributed by atoms with van der Waals surface area (Å²) in [7, 11) is -3.69. The highest BCUT2D eigenvalue weighted by Crippen LogP contribution is 2.31. The third-order valence-corrected chi connectivity index (χ3v) is 6.73. The maximum absolute atomic E-state index is 12.1. The lowest BCUT2D eigenvalue weighted by atomic mass is 10.1. The van der Waals surface area contributed by atoms with E-state index in [0.717, 1.165) is 30.4 Å². The number of rotatable bonds is 6. The summed E-state index contributed by atoms with van der Waals surface area (Å²) in [5.41, 5.74) is 0. The number of hydrogen-bond acceptors (Lipinski definition) is 5. The van der Waals surface area contributed by atoms with E-state index in [1.807, 2.05) is 0 Å². The van der Waals surface area contributed by atoms with Crippen LogP contribution in [0.4, 0.5) is 0 Å². The molecular formula is C11H14BrNO5S2. The highest BCUT2D eigenvalue weighted by molar-refractivity contribution is 9.11. The Labute approximate surface area is 129 Å². The van der Waals surface area contributed by atoms with Crippen LogP contribution < -0.4 is 4.72 Å². The van der Waals surface area contributed by atoms with Crippen LogP contribution in [0.15, 0.2) is 14.7 Å². The third kappa shape index (κ3) is 3.79. The number of nitrogens with one attached hydrogen (secondary N) is 1. The molecule has 1 aromatic rings. The number of hydrogen-bond donors (Lipinski definition) is 2. The molecule has 0 bridgehead atoms. The molecule has 0 aromatic carbocycles. The molecule has 1 saturated heterocycles. The Morgan fingerprint density at radius 1 is 1.60 bits per heavy atom. The molecule has 1 unspecified atom stereocenters. The van der Waals surface area contributed by atoms with Gasteiger partial charge in [-0.15, -0.1) is 11.3 Å². The first-order valence-electron chi connectivity index (χ1n) is 6.00. The van der Waals surface area contributed by atoms with Gasteiger partial charge in [-0.05, 0) is 40.8 Å². The Bertz CT molecular complexity index is 592. The number of carbonyl (C=O) groups is 1. The van der Waals surface area contributed by atoms with E-state index in [9.17, 15) is 13.2 Å². The Kier molecular flexibility index (Phi) is 5.19. The van der Waals surface area contributed by atoms with E-state index >= 15 is 0 Å². The van der Waals surface area contributed by atoms with Crippen molar-refractivity contribution in [3.05, 3.63) is 14.7 Å². The Balaban J connectivity index is 2.00. The smallest absolute Gasteiger partial charge is 0.345 e. The van der Waals surface area contributed by atoms with Gasteiger partial charge in [0.25, 0.3) is 0 Å². The molecule has 0 aliphatic carbocycles. The van der Waals surface area contributed by atoms with E-state index in [-0.39, 0.29) is 9.77 Å². The van der Waals surface area contributed by atoms with Crippen LogP contribution in [0.25, 0.3) is 0 Å². The van der Waals surface area contributed by atoms with Gasteiger partial charge in [0, 0.05) is 19.8 Å². The van der Waals surface area contributed by atoms with Crippen LogP contribution in [0, 0.1) is 5.92 Å². The molecule has 0 radical (unpaired) electrons. The number of carboxylic acid groups (broad SMARTS) is 1.